The molecule has 2 heterocycles. The predicted molar refractivity (Wildman–Crippen MR) is 142 cm³/mol. The molecule has 2 aromatic carbocycles. The van der Waals surface area contributed by atoms with Crippen LogP contribution in [0.2, 0.25) is 10.0 Å². The van der Waals surface area contributed by atoms with E-state index >= 15 is 0 Å². The fraction of sp³-hybridized carbons (Fsp3) is 0.167. The number of sulfonamides is 1. The quantitative estimate of drug-likeness (QED) is 0.285. The summed E-state index contributed by atoms with van der Waals surface area (Å²) in [5.74, 6) is -0.616. The maximum absolute atomic E-state index is 13.4. The van der Waals surface area contributed by atoms with Gasteiger partial charge in [0.05, 0.1) is 16.1 Å². The number of fused-ring (bicyclic) bond motifs is 1. The van der Waals surface area contributed by atoms with Crippen LogP contribution in [0, 0.1) is 6.92 Å². The van der Waals surface area contributed by atoms with Crippen molar-refractivity contribution in [1.29, 1.82) is 0 Å². The predicted octanol–water partition coefficient (Wildman–Crippen LogP) is 4.29. The average Bonchev–Trinajstić information content (AvgIpc) is 3.24. The lowest BCUT2D eigenvalue weighted by Crippen LogP contribution is -2.35. The number of aromatic nitrogens is 2. The molecule has 0 spiro atoms. The molecule has 0 atom stereocenters. The summed E-state index contributed by atoms with van der Waals surface area (Å²) in [6.07, 6.45) is 3.52. The number of aliphatic carboxylic acids is 1. The van der Waals surface area contributed by atoms with E-state index < -0.39 is 22.5 Å². The Morgan fingerprint density at radius 2 is 1.86 bits per heavy atom. The minimum Gasteiger partial charge on any atom is -0.480 e. The molecule has 9 nitrogen and oxygen atoms in total. The third-order valence-electron chi connectivity index (χ3n) is 5.53. The Balaban J connectivity index is 1.79. The molecule has 0 saturated carbocycles. The number of nitrogens with one attached hydrogen (secondary N) is 1. The molecule has 4 rings (SSSR count). The average molecular weight is 548 g/mol. The van der Waals surface area contributed by atoms with Gasteiger partial charge in [0.1, 0.15) is 12.4 Å². The van der Waals surface area contributed by atoms with Crippen molar-refractivity contribution in [3.05, 3.63) is 76.5 Å². The first-order chi connectivity index (χ1) is 17.1. The number of rotatable bonds is 9. The summed E-state index contributed by atoms with van der Waals surface area (Å²) in [6, 6.07) is 12.4. The molecule has 0 bridgehead atoms. The maximum Gasteiger partial charge on any atom is 0.324 e. The summed E-state index contributed by atoms with van der Waals surface area (Å²) in [5, 5.41) is 13.7. The lowest BCUT2D eigenvalue weighted by Gasteiger charge is -2.23. The third-order valence-corrected chi connectivity index (χ3v) is 7.72. The Kier molecular flexibility index (Phi) is 7.41. The van der Waals surface area contributed by atoms with Gasteiger partial charge in [0.2, 0.25) is 0 Å². The van der Waals surface area contributed by atoms with Crippen LogP contribution in [-0.2, 0) is 14.8 Å². The second kappa shape index (κ2) is 10.4. The van der Waals surface area contributed by atoms with Crippen molar-refractivity contribution in [2.75, 3.05) is 29.3 Å². The topological polar surface area (TPSA) is 131 Å². The number of halogens is 2. The highest BCUT2D eigenvalue weighted by Gasteiger charge is 2.28. The number of carboxylic acid groups (broad SMARTS) is 1. The number of nitrogens with zero attached hydrogens (tertiary/aromatic N) is 3. The third kappa shape index (κ3) is 5.12. The zero-order valence-corrected chi connectivity index (χ0v) is 21.5. The van der Waals surface area contributed by atoms with Crippen molar-refractivity contribution in [1.82, 2.24) is 9.55 Å². The van der Waals surface area contributed by atoms with Crippen molar-refractivity contribution in [2.24, 2.45) is 5.73 Å². The van der Waals surface area contributed by atoms with Gasteiger partial charge in [-0.25, -0.2) is 13.4 Å². The van der Waals surface area contributed by atoms with Crippen molar-refractivity contribution < 1.29 is 18.3 Å². The summed E-state index contributed by atoms with van der Waals surface area (Å²) < 4.78 is 29.5. The van der Waals surface area contributed by atoms with Crippen LogP contribution in [0.25, 0.3) is 16.7 Å². The van der Waals surface area contributed by atoms with Gasteiger partial charge < -0.3 is 20.7 Å². The fourth-order valence-corrected chi connectivity index (χ4v) is 6.01. The van der Waals surface area contributed by atoms with Crippen LogP contribution in [0.3, 0.4) is 0 Å². The van der Waals surface area contributed by atoms with E-state index in [0.29, 0.717) is 24.3 Å². The van der Waals surface area contributed by atoms with Crippen molar-refractivity contribution in [2.45, 2.75) is 11.8 Å². The van der Waals surface area contributed by atoms with Gasteiger partial charge in [-0.2, -0.15) is 0 Å². The molecule has 0 amide bonds. The number of carboxylic acids is 1. The molecule has 36 heavy (non-hydrogen) atoms. The summed E-state index contributed by atoms with van der Waals surface area (Å²) in [5.41, 5.74) is 8.38. The minimum absolute atomic E-state index is 0.120. The SMILES string of the molecule is Cc1c(NCCN)ccnc1-n1ccc2cc(N(CC(=O)O)S(=O)(=O)c3cc(Cl)cc(Cl)c3)ccc21. The number of hydrogen-bond acceptors (Lipinski definition) is 6. The van der Waals surface area contributed by atoms with Gasteiger partial charge in [-0.1, -0.05) is 23.2 Å². The Morgan fingerprint density at radius 3 is 2.53 bits per heavy atom. The van der Waals surface area contributed by atoms with E-state index in [1.807, 2.05) is 29.8 Å². The van der Waals surface area contributed by atoms with E-state index in [4.69, 9.17) is 28.9 Å². The number of pyridine rings is 1. The van der Waals surface area contributed by atoms with Gasteiger partial charge in [-0.05, 0) is 55.5 Å². The Morgan fingerprint density at radius 1 is 1.14 bits per heavy atom. The first-order valence-electron chi connectivity index (χ1n) is 10.8. The molecule has 2 aromatic heterocycles. The van der Waals surface area contributed by atoms with Gasteiger partial charge in [0.25, 0.3) is 10.0 Å². The minimum atomic E-state index is -4.28. The van der Waals surface area contributed by atoms with Crippen molar-refractivity contribution >= 4 is 61.5 Å². The van der Waals surface area contributed by atoms with E-state index in [1.165, 1.54) is 18.2 Å². The largest absolute Gasteiger partial charge is 0.480 e. The number of carbonyl (C=O) groups is 1. The lowest BCUT2D eigenvalue weighted by atomic mass is 10.2. The molecular weight excluding hydrogens is 525 g/mol. The van der Waals surface area contributed by atoms with Gasteiger partial charge in [-0.3, -0.25) is 9.10 Å². The van der Waals surface area contributed by atoms with Crippen LogP contribution in [0.5, 0.6) is 0 Å². The standard InChI is InChI=1S/C24H23Cl2N5O4S/c1-15-21(28-8-6-27)4-7-29-24(15)30-9-5-16-10-19(2-3-22(16)30)31(14-23(32)33)36(34,35)20-12-17(25)11-18(26)13-20/h2-5,7,9-13H,6,8,14,27H2,1H3,(H,28,29)(H,32,33). The summed E-state index contributed by atoms with van der Waals surface area (Å²) >= 11 is 12.0. The highest BCUT2D eigenvalue weighted by molar-refractivity contribution is 7.92. The van der Waals surface area contributed by atoms with Gasteiger partial charge in [0.15, 0.2) is 0 Å². The van der Waals surface area contributed by atoms with E-state index in [0.717, 1.165) is 21.1 Å². The number of benzene rings is 2. The molecule has 0 radical (unpaired) electrons. The van der Waals surface area contributed by atoms with Gasteiger partial charge in [0, 0.05) is 52.2 Å². The van der Waals surface area contributed by atoms with Crippen LogP contribution in [0.15, 0.2) is 65.8 Å². The molecule has 0 aliphatic heterocycles. The molecule has 0 aliphatic carbocycles. The number of anilines is 2. The molecular formula is C24H23Cl2N5O4S. The first kappa shape index (κ1) is 25.8. The molecule has 0 aliphatic rings. The molecule has 4 aromatic rings. The normalized spacial score (nSPS) is 11.6. The summed E-state index contributed by atoms with van der Waals surface area (Å²) in [4.78, 5) is 15.9. The second-order valence-electron chi connectivity index (χ2n) is 7.96. The first-order valence-corrected chi connectivity index (χ1v) is 13.0. The van der Waals surface area contributed by atoms with Crippen molar-refractivity contribution in [3.63, 3.8) is 0 Å². The molecule has 0 unspecified atom stereocenters. The Hall–Kier alpha value is -3.31. The molecule has 12 heteroatoms. The number of nitrogens with two attached hydrogens (primary N) is 1. The Bertz CT molecular complexity index is 1540. The second-order valence-corrected chi connectivity index (χ2v) is 10.7. The summed E-state index contributed by atoms with van der Waals surface area (Å²) in [6.45, 7) is 2.27. The van der Waals surface area contributed by atoms with E-state index in [9.17, 15) is 18.3 Å². The van der Waals surface area contributed by atoms with Crippen LogP contribution in [0.1, 0.15) is 5.56 Å². The van der Waals surface area contributed by atoms with Crippen LogP contribution in [0.4, 0.5) is 11.4 Å². The van der Waals surface area contributed by atoms with Gasteiger partial charge in [-0.15, -0.1) is 0 Å². The van der Waals surface area contributed by atoms with Crippen LogP contribution >= 0.6 is 23.2 Å². The number of hydrogen-bond donors (Lipinski definition) is 3. The van der Waals surface area contributed by atoms with Gasteiger partial charge >= 0.3 is 5.97 Å². The molecule has 4 N–H and O–H groups in total. The fourth-order valence-electron chi connectivity index (χ4n) is 3.88. The summed E-state index contributed by atoms with van der Waals surface area (Å²) in [7, 11) is -4.28. The monoisotopic (exact) mass is 547 g/mol. The zero-order valence-electron chi connectivity index (χ0n) is 19.1. The lowest BCUT2D eigenvalue weighted by molar-refractivity contribution is -0.135. The van der Waals surface area contributed by atoms with E-state index in [-0.39, 0.29) is 20.6 Å². The van der Waals surface area contributed by atoms with E-state index in [2.05, 4.69) is 10.3 Å². The highest BCUT2D eigenvalue weighted by Crippen LogP contribution is 2.32. The maximum atomic E-state index is 13.4. The highest BCUT2D eigenvalue weighted by atomic mass is 35.5. The van der Waals surface area contributed by atoms with Crippen LogP contribution in [-0.4, -0.2) is 48.7 Å². The smallest absolute Gasteiger partial charge is 0.324 e. The molecule has 188 valence electrons. The van der Waals surface area contributed by atoms with Crippen molar-refractivity contribution in [3.8, 4) is 5.82 Å². The Labute approximate surface area is 218 Å². The van der Waals surface area contributed by atoms with Crippen LogP contribution < -0.4 is 15.4 Å². The molecule has 0 saturated heterocycles. The molecule has 0 fully saturated rings. The van der Waals surface area contributed by atoms with E-state index in [1.54, 1.807) is 24.4 Å². The zero-order chi connectivity index (χ0) is 26.0.